The molecule has 0 bridgehead atoms. The Morgan fingerprint density at radius 2 is 1.73 bits per heavy atom. The Kier molecular flexibility index (Phi) is 7.10. The predicted molar refractivity (Wildman–Crippen MR) is 121 cm³/mol. The summed E-state index contributed by atoms with van der Waals surface area (Å²) in [5.41, 5.74) is 0.250. The minimum Gasteiger partial charge on any atom is -0.465 e. The van der Waals surface area contributed by atoms with Gasteiger partial charge >= 0.3 is 12.1 Å². The highest BCUT2D eigenvalue weighted by Gasteiger charge is 2.35. The lowest BCUT2D eigenvalue weighted by Crippen LogP contribution is -2.50. The standard InChI is InChI=1S/C24H26FN3O5/c1-5-32-19(29)14-28-18-13-9-7-11-16(18)20(15-10-6-8-12-17(15)25)26-21(22(28)30)27-23(31)33-24(2,3)4/h6-13,21H,5,14H2,1-4H3,(H,27,31). The van der Waals surface area contributed by atoms with Crippen molar-refractivity contribution in [3.05, 3.63) is 65.5 Å². The average molecular weight is 455 g/mol. The van der Waals surface area contributed by atoms with E-state index >= 15 is 0 Å². The van der Waals surface area contributed by atoms with Crippen molar-refractivity contribution in [2.45, 2.75) is 39.5 Å². The van der Waals surface area contributed by atoms with Crippen LogP contribution in [0.1, 0.15) is 38.8 Å². The first-order chi connectivity index (χ1) is 15.6. The first-order valence-corrected chi connectivity index (χ1v) is 10.5. The molecule has 1 unspecified atom stereocenters. The SMILES string of the molecule is CCOC(=O)CN1C(=O)C(NC(=O)OC(C)(C)C)N=C(c2ccccc2F)c2ccccc21. The van der Waals surface area contributed by atoms with Gasteiger partial charge < -0.3 is 9.47 Å². The molecule has 0 spiro atoms. The van der Waals surface area contributed by atoms with Gasteiger partial charge in [0, 0.05) is 11.1 Å². The molecule has 9 heteroatoms. The number of halogens is 1. The lowest BCUT2D eigenvalue weighted by atomic mass is 10.00. The molecule has 0 aromatic heterocycles. The molecule has 8 nitrogen and oxygen atoms in total. The maximum Gasteiger partial charge on any atom is 0.409 e. The molecule has 1 N–H and O–H groups in total. The second kappa shape index (κ2) is 9.81. The molecule has 2 aromatic rings. The third-order valence-electron chi connectivity index (χ3n) is 4.58. The number of aliphatic imine (C=N–C) groups is 1. The Labute approximate surface area is 191 Å². The number of esters is 1. The van der Waals surface area contributed by atoms with E-state index in [1.54, 1.807) is 58.0 Å². The number of hydrogen-bond donors (Lipinski definition) is 1. The van der Waals surface area contributed by atoms with E-state index < -0.39 is 42.1 Å². The third kappa shape index (κ3) is 5.74. The zero-order valence-electron chi connectivity index (χ0n) is 18.9. The Morgan fingerprint density at radius 3 is 2.36 bits per heavy atom. The van der Waals surface area contributed by atoms with Crippen molar-refractivity contribution in [3.63, 3.8) is 0 Å². The van der Waals surface area contributed by atoms with Crippen molar-refractivity contribution in [3.8, 4) is 0 Å². The zero-order chi connectivity index (χ0) is 24.2. The number of hydrogen-bond acceptors (Lipinski definition) is 6. The molecule has 0 saturated heterocycles. The van der Waals surface area contributed by atoms with E-state index in [4.69, 9.17) is 9.47 Å². The summed E-state index contributed by atoms with van der Waals surface area (Å²) in [6.45, 7) is 6.42. The Hall–Kier alpha value is -3.75. The van der Waals surface area contributed by atoms with Crippen LogP contribution in [-0.2, 0) is 19.1 Å². The summed E-state index contributed by atoms with van der Waals surface area (Å²) in [5.74, 6) is -1.87. The number of carbonyl (C=O) groups is 3. The molecular formula is C24H26FN3O5. The van der Waals surface area contributed by atoms with Gasteiger partial charge in [0.1, 0.15) is 18.0 Å². The molecule has 1 aliphatic rings. The molecule has 1 aliphatic heterocycles. The van der Waals surface area contributed by atoms with Crippen LogP contribution in [0.25, 0.3) is 0 Å². The van der Waals surface area contributed by atoms with E-state index in [1.165, 1.54) is 23.1 Å². The van der Waals surface area contributed by atoms with Crippen LogP contribution in [0.15, 0.2) is 53.5 Å². The normalized spacial score (nSPS) is 15.8. The fraction of sp³-hybridized carbons (Fsp3) is 0.333. The number of fused-ring (bicyclic) bond motifs is 1. The zero-order valence-corrected chi connectivity index (χ0v) is 18.9. The highest BCUT2D eigenvalue weighted by atomic mass is 19.1. The van der Waals surface area contributed by atoms with E-state index in [0.717, 1.165) is 0 Å². The quantitative estimate of drug-likeness (QED) is 0.697. The van der Waals surface area contributed by atoms with Gasteiger partial charge in [-0.2, -0.15) is 0 Å². The van der Waals surface area contributed by atoms with E-state index in [2.05, 4.69) is 10.3 Å². The van der Waals surface area contributed by atoms with Crippen LogP contribution in [0, 0.1) is 5.82 Å². The van der Waals surface area contributed by atoms with E-state index in [1.807, 2.05) is 0 Å². The van der Waals surface area contributed by atoms with Crippen molar-refractivity contribution in [2.75, 3.05) is 18.1 Å². The fourth-order valence-corrected chi connectivity index (χ4v) is 3.31. The number of ether oxygens (including phenoxy) is 2. The van der Waals surface area contributed by atoms with Crippen molar-refractivity contribution < 1.29 is 28.2 Å². The third-order valence-corrected chi connectivity index (χ3v) is 4.58. The second-order valence-corrected chi connectivity index (χ2v) is 8.25. The van der Waals surface area contributed by atoms with Crippen LogP contribution in [0.4, 0.5) is 14.9 Å². The maximum absolute atomic E-state index is 14.8. The lowest BCUT2D eigenvalue weighted by molar-refractivity contribution is -0.142. The summed E-state index contributed by atoms with van der Waals surface area (Å²) >= 11 is 0. The van der Waals surface area contributed by atoms with Gasteiger partial charge in [0.2, 0.25) is 6.17 Å². The lowest BCUT2D eigenvalue weighted by Gasteiger charge is -2.25. The number of rotatable bonds is 5. The molecule has 3 rings (SSSR count). The summed E-state index contributed by atoms with van der Waals surface area (Å²) in [7, 11) is 0. The molecule has 0 fully saturated rings. The monoisotopic (exact) mass is 455 g/mol. The minimum absolute atomic E-state index is 0.138. The number of para-hydroxylation sites is 1. The Morgan fingerprint density at radius 1 is 1.09 bits per heavy atom. The molecule has 2 amide bonds. The summed E-state index contributed by atoms with van der Waals surface area (Å²) in [5, 5.41) is 2.44. The van der Waals surface area contributed by atoms with Gasteiger partial charge in [-0.3, -0.25) is 19.8 Å². The molecule has 2 aromatic carbocycles. The van der Waals surface area contributed by atoms with Gasteiger partial charge in [-0.1, -0.05) is 30.3 Å². The van der Waals surface area contributed by atoms with Crippen molar-refractivity contribution in [2.24, 2.45) is 4.99 Å². The molecule has 0 aliphatic carbocycles. The van der Waals surface area contributed by atoms with E-state index in [9.17, 15) is 18.8 Å². The minimum atomic E-state index is -1.46. The fourth-order valence-electron chi connectivity index (χ4n) is 3.31. The highest BCUT2D eigenvalue weighted by molar-refractivity contribution is 6.20. The van der Waals surface area contributed by atoms with E-state index in [-0.39, 0.29) is 17.9 Å². The van der Waals surface area contributed by atoms with Crippen LogP contribution in [0.2, 0.25) is 0 Å². The van der Waals surface area contributed by atoms with Crippen LogP contribution in [0.3, 0.4) is 0 Å². The first kappa shape index (κ1) is 23.9. The van der Waals surface area contributed by atoms with Gasteiger partial charge in [0.05, 0.1) is 18.0 Å². The number of nitrogens with one attached hydrogen (secondary N) is 1. The molecule has 174 valence electrons. The second-order valence-electron chi connectivity index (χ2n) is 8.25. The number of carbonyl (C=O) groups excluding carboxylic acids is 3. The number of anilines is 1. The van der Waals surface area contributed by atoms with Gasteiger partial charge in [-0.05, 0) is 45.9 Å². The number of amides is 2. The molecule has 0 radical (unpaired) electrons. The van der Waals surface area contributed by atoms with Crippen LogP contribution < -0.4 is 10.2 Å². The largest absolute Gasteiger partial charge is 0.465 e. The molecule has 0 saturated carbocycles. The number of benzene rings is 2. The summed E-state index contributed by atoms with van der Waals surface area (Å²) < 4.78 is 25.0. The van der Waals surface area contributed by atoms with Crippen molar-refractivity contribution in [1.29, 1.82) is 0 Å². The summed E-state index contributed by atoms with van der Waals surface area (Å²) in [4.78, 5) is 43.8. The average Bonchev–Trinajstić information content (AvgIpc) is 2.84. The van der Waals surface area contributed by atoms with Gasteiger partial charge in [-0.15, -0.1) is 0 Å². The number of benzodiazepines with no additional fused rings is 1. The molecule has 1 heterocycles. The molecular weight excluding hydrogens is 429 g/mol. The maximum atomic E-state index is 14.8. The highest BCUT2D eigenvalue weighted by Crippen LogP contribution is 2.29. The van der Waals surface area contributed by atoms with Crippen LogP contribution in [0.5, 0.6) is 0 Å². The first-order valence-electron chi connectivity index (χ1n) is 10.5. The molecule has 33 heavy (non-hydrogen) atoms. The molecule has 1 atom stereocenters. The van der Waals surface area contributed by atoms with Crippen molar-refractivity contribution >= 4 is 29.4 Å². The van der Waals surface area contributed by atoms with Gasteiger partial charge in [0.15, 0.2) is 0 Å². The summed E-state index contributed by atoms with van der Waals surface area (Å²) in [6, 6.07) is 12.7. The Bertz CT molecular complexity index is 1090. The smallest absolute Gasteiger partial charge is 0.409 e. The topological polar surface area (TPSA) is 97.3 Å². The van der Waals surface area contributed by atoms with Crippen molar-refractivity contribution in [1.82, 2.24) is 5.32 Å². The van der Waals surface area contributed by atoms with Crippen LogP contribution in [-0.4, -0.2) is 48.6 Å². The predicted octanol–water partition coefficient (Wildman–Crippen LogP) is 3.42. The Balaban J connectivity index is 2.13. The number of alkyl carbamates (subject to hydrolysis) is 1. The van der Waals surface area contributed by atoms with Gasteiger partial charge in [0.25, 0.3) is 5.91 Å². The number of nitrogens with zero attached hydrogens (tertiary/aromatic N) is 2. The van der Waals surface area contributed by atoms with Crippen LogP contribution >= 0.6 is 0 Å². The summed E-state index contributed by atoms with van der Waals surface area (Å²) in [6.07, 6.45) is -2.34. The van der Waals surface area contributed by atoms with E-state index in [0.29, 0.717) is 11.3 Å². The van der Waals surface area contributed by atoms with Gasteiger partial charge in [-0.25, -0.2) is 14.2 Å².